The van der Waals surface area contributed by atoms with Crippen LogP contribution in [0.1, 0.15) is 25.3 Å². The molecule has 0 bridgehead atoms. The van der Waals surface area contributed by atoms with Crippen LogP contribution in [0.2, 0.25) is 0 Å². The van der Waals surface area contributed by atoms with Crippen LogP contribution in [0.25, 0.3) is 5.57 Å². The number of carbonyl (C=O) groups is 1. The first kappa shape index (κ1) is 14.4. The Balaban J connectivity index is 2.47. The molecule has 106 valence electrons. The van der Waals surface area contributed by atoms with Gasteiger partial charge in [-0.3, -0.25) is 0 Å². The van der Waals surface area contributed by atoms with E-state index in [2.05, 4.69) is 11.0 Å². The summed E-state index contributed by atoms with van der Waals surface area (Å²) in [6.45, 7) is 2.25. The molecule has 0 unspecified atom stereocenters. The molecule has 1 aliphatic carbocycles. The first-order valence-electron chi connectivity index (χ1n) is 6.97. The molecule has 0 N–H and O–H groups in total. The number of hydrogen-bond acceptors (Lipinski definition) is 3. The summed E-state index contributed by atoms with van der Waals surface area (Å²) in [6, 6.07) is 10.0. The Kier molecular flexibility index (Phi) is 4.61. The summed E-state index contributed by atoms with van der Waals surface area (Å²) in [5.74, 6) is -0.194. The van der Waals surface area contributed by atoms with Crippen LogP contribution in [-0.4, -0.2) is 31.6 Å². The van der Waals surface area contributed by atoms with Crippen molar-refractivity contribution < 1.29 is 9.53 Å². The van der Waals surface area contributed by atoms with Crippen molar-refractivity contribution in [1.82, 2.24) is 4.90 Å². The summed E-state index contributed by atoms with van der Waals surface area (Å²) in [5.41, 5.74) is 4.06. The van der Waals surface area contributed by atoms with E-state index in [0.717, 1.165) is 29.6 Å². The van der Waals surface area contributed by atoms with Gasteiger partial charge in [0.1, 0.15) is 0 Å². The van der Waals surface area contributed by atoms with Gasteiger partial charge in [-0.25, -0.2) is 4.79 Å². The van der Waals surface area contributed by atoms with Crippen molar-refractivity contribution in [3.63, 3.8) is 0 Å². The van der Waals surface area contributed by atoms with Crippen molar-refractivity contribution in [2.45, 2.75) is 19.8 Å². The summed E-state index contributed by atoms with van der Waals surface area (Å²) < 4.78 is 5.19. The van der Waals surface area contributed by atoms with Gasteiger partial charge in [0.15, 0.2) is 0 Å². The molecule has 1 aromatic rings. The van der Waals surface area contributed by atoms with Gasteiger partial charge < -0.3 is 9.64 Å². The molecule has 1 aromatic carbocycles. The van der Waals surface area contributed by atoms with E-state index in [-0.39, 0.29) is 5.97 Å². The fourth-order valence-corrected chi connectivity index (χ4v) is 2.37. The van der Waals surface area contributed by atoms with Crippen LogP contribution >= 0.6 is 0 Å². The third-order valence-corrected chi connectivity index (χ3v) is 3.45. The number of ether oxygens (including phenoxy) is 1. The second kappa shape index (κ2) is 6.42. The molecule has 0 saturated heterocycles. The number of rotatable bonds is 4. The number of hydrogen-bond donors (Lipinski definition) is 0. The van der Waals surface area contributed by atoms with Gasteiger partial charge in [-0.15, -0.1) is 0 Å². The van der Waals surface area contributed by atoms with Crippen LogP contribution in [0.15, 0.2) is 47.7 Å². The van der Waals surface area contributed by atoms with Gasteiger partial charge >= 0.3 is 5.97 Å². The molecule has 1 aliphatic rings. The van der Waals surface area contributed by atoms with E-state index in [0.29, 0.717) is 6.61 Å². The maximum absolute atomic E-state index is 12.1. The molecule has 3 nitrogen and oxygen atoms in total. The van der Waals surface area contributed by atoms with Crippen molar-refractivity contribution in [1.29, 1.82) is 0 Å². The molecule has 20 heavy (non-hydrogen) atoms. The smallest absolute Gasteiger partial charge is 0.334 e. The van der Waals surface area contributed by atoms with Crippen LogP contribution in [0.3, 0.4) is 0 Å². The van der Waals surface area contributed by atoms with Crippen LogP contribution in [0.4, 0.5) is 0 Å². The molecule has 0 saturated carbocycles. The average Bonchev–Trinajstić information content (AvgIpc) is 2.47. The Labute approximate surface area is 120 Å². The average molecular weight is 271 g/mol. The van der Waals surface area contributed by atoms with Crippen LogP contribution in [0, 0.1) is 0 Å². The fourth-order valence-electron chi connectivity index (χ4n) is 2.37. The lowest BCUT2D eigenvalue weighted by Gasteiger charge is -2.24. The molecule has 0 aromatic heterocycles. The molecule has 0 aliphatic heterocycles. The zero-order valence-corrected chi connectivity index (χ0v) is 12.3. The molecule has 0 amide bonds. The van der Waals surface area contributed by atoms with Crippen LogP contribution in [-0.2, 0) is 9.53 Å². The Bertz CT molecular complexity index is 541. The topological polar surface area (TPSA) is 29.5 Å². The van der Waals surface area contributed by atoms with Crippen molar-refractivity contribution in [3.05, 3.63) is 53.2 Å². The van der Waals surface area contributed by atoms with Gasteiger partial charge in [-0.05, 0) is 37.0 Å². The molecule has 0 fully saturated rings. The normalized spacial score (nSPS) is 14.8. The van der Waals surface area contributed by atoms with Gasteiger partial charge in [0, 0.05) is 25.4 Å². The predicted octanol–water partition coefficient (Wildman–Crippen LogP) is 3.24. The second-order valence-corrected chi connectivity index (χ2v) is 5.01. The first-order valence-corrected chi connectivity index (χ1v) is 6.97. The SMILES string of the molecule is CCOC(=O)C1=C(c2ccccc2)C=C(N(C)C)CC1. The molecule has 0 spiro atoms. The zero-order valence-electron chi connectivity index (χ0n) is 12.3. The van der Waals surface area contributed by atoms with E-state index < -0.39 is 0 Å². The number of benzene rings is 1. The Morgan fingerprint density at radius 1 is 1.20 bits per heavy atom. The van der Waals surface area contributed by atoms with Crippen LogP contribution < -0.4 is 0 Å². The van der Waals surface area contributed by atoms with Crippen molar-refractivity contribution >= 4 is 11.5 Å². The lowest BCUT2D eigenvalue weighted by molar-refractivity contribution is -0.138. The van der Waals surface area contributed by atoms with Gasteiger partial charge in [0.05, 0.1) is 6.61 Å². The highest BCUT2D eigenvalue weighted by atomic mass is 16.5. The van der Waals surface area contributed by atoms with Crippen molar-refractivity contribution in [2.75, 3.05) is 20.7 Å². The third-order valence-electron chi connectivity index (χ3n) is 3.45. The standard InChI is InChI=1S/C17H21NO2/c1-4-20-17(19)15-11-10-14(18(2)3)12-16(15)13-8-6-5-7-9-13/h5-9,12H,4,10-11H2,1-3H3. The molecular weight excluding hydrogens is 250 g/mol. The van der Waals surface area contributed by atoms with E-state index in [1.165, 1.54) is 5.70 Å². The maximum atomic E-state index is 12.1. The highest BCUT2D eigenvalue weighted by Gasteiger charge is 2.22. The number of esters is 1. The zero-order chi connectivity index (χ0) is 14.5. The number of nitrogens with zero attached hydrogens (tertiary/aromatic N) is 1. The minimum Gasteiger partial charge on any atom is -0.463 e. The van der Waals surface area contributed by atoms with E-state index in [1.54, 1.807) is 0 Å². The highest BCUT2D eigenvalue weighted by Crippen LogP contribution is 2.32. The maximum Gasteiger partial charge on any atom is 0.334 e. The summed E-state index contributed by atoms with van der Waals surface area (Å²) in [6.07, 6.45) is 3.70. The molecule has 3 heteroatoms. The first-order chi connectivity index (χ1) is 9.63. The van der Waals surface area contributed by atoms with Gasteiger partial charge in [0.25, 0.3) is 0 Å². The largest absolute Gasteiger partial charge is 0.463 e. The summed E-state index contributed by atoms with van der Waals surface area (Å²) in [7, 11) is 4.06. The van der Waals surface area contributed by atoms with Gasteiger partial charge in [-0.1, -0.05) is 30.3 Å². The van der Waals surface area contributed by atoms with E-state index in [9.17, 15) is 4.79 Å². The molecular formula is C17H21NO2. The van der Waals surface area contributed by atoms with Gasteiger partial charge in [-0.2, -0.15) is 0 Å². The van der Waals surface area contributed by atoms with Crippen molar-refractivity contribution in [3.8, 4) is 0 Å². The quantitative estimate of drug-likeness (QED) is 0.787. The lowest BCUT2D eigenvalue weighted by Crippen LogP contribution is -2.18. The number of carbonyl (C=O) groups excluding carboxylic acids is 1. The van der Waals surface area contributed by atoms with E-state index in [4.69, 9.17) is 4.74 Å². The Morgan fingerprint density at radius 2 is 1.90 bits per heavy atom. The summed E-state index contributed by atoms with van der Waals surface area (Å²) in [4.78, 5) is 14.2. The van der Waals surface area contributed by atoms with Gasteiger partial charge in [0.2, 0.25) is 0 Å². The fraction of sp³-hybridized carbons (Fsp3) is 0.353. The minimum atomic E-state index is -0.194. The van der Waals surface area contributed by atoms with E-state index in [1.807, 2.05) is 51.4 Å². The second-order valence-electron chi connectivity index (χ2n) is 5.01. The van der Waals surface area contributed by atoms with E-state index >= 15 is 0 Å². The lowest BCUT2D eigenvalue weighted by atomic mass is 9.90. The highest BCUT2D eigenvalue weighted by molar-refractivity contribution is 6.00. The molecule has 2 rings (SSSR count). The molecule has 0 heterocycles. The Morgan fingerprint density at radius 3 is 2.50 bits per heavy atom. The predicted molar refractivity (Wildman–Crippen MR) is 81.0 cm³/mol. The minimum absolute atomic E-state index is 0.194. The monoisotopic (exact) mass is 271 g/mol. The summed E-state index contributed by atoms with van der Waals surface area (Å²) in [5, 5.41) is 0. The molecule has 0 radical (unpaired) electrons. The molecule has 0 atom stereocenters. The Hall–Kier alpha value is -2.03. The summed E-state index contributed by atoms with van der Waals surface area (Å²) >= 11 is 0. The van der Waals surface area contributed by atoms with Crippen molar-refractivity contribution in [2.24, 2.45) is 0 Å². The number of allylic oxidation sites excluding steroid dienone is 3. The van der Waals surface area contributed by atoms with Crippen LogP contribution in [0.5, 0.6) is 0 Å². The third kappa shape index (κ3) is 3.10.